The number of aromatic nitrogens is 2. The van der Waals surface area contributed by atoms with Crippen LogP contribution in [0, 0.1) is 11.6 Å². The zero-order valence-corrected chi connectivity index (χ0v) is 10.8. The van der Waals surface area contributed by atoms with Gasteiger partial charge in [0.2, 0.25) is 0 Å². The predicted octanol–water partition coefficient (Wildman–Crippen LogP) is 2.66. The van der Waals surface area contributed by atoms with Crippen LogP contribution in [0.2, 0.25) is 0 Å². The highest BCUT2D eigenvalue weighted by Crippen LogP contribution is 2.21. The molecule has 5 nitrogen and oxygen atoms in total. The number of nitrogens with zero attached hydrogens (tertiary/aromatic N) is 2. The largest absolute Gasteiger partial charge is 0.455 e. The van der Waals surface area contributed by atoms with E-state index in [-0.39, 0.29) is 18.9 Å². The van der Waals surface area contributed by atoms with Crippen LogP contribution in [-0.4, -0.2) is 10.1 Å². The van der Waals surface area contributed by atoms with Crippen molar-refractivity contribution in [1.82, 2.24) is 10.1 Å². The summed E-state index contributed by atoms with van der Waals surface area (Å²) in [6, 6.07) is 6.63. The Morgan fingerprint density at radius 2 is 1.86 bits per heavy atom. The fourth-order valence-electron chi connectivity index (χ4n) is 1.92. The lowest BCUT2D eigenvalue weighted by Gasteiger charge is -1.97. The SMILES string of the molecule is NCc1ccc(-c2nc(Cc3cc(F)cc(F)c3)no2)o1. The van der Waals surface area contributed by atoms with Crippen LogP contribution in [0.15, 0.2) is 39.3 Å². The number of nitrogens with two attached hydrogens (primary N) is 1. The van der Waals surface area contributed by atoms with Crippen LogP contribution in [0.4, 0.5) is 8.78 Å². The van der Waals surface area contributed by atoms with Gasteiger partial charge in [-0.25, -0.2) is 8.78 Å². The van der Waals surface area contributed by atoms with Gasteiger partial charge in [0.1, 0.15) is 17.4 Å². The molecule has 0 amide bonds. The molecular weight excluding hydrogens is 280 g/mol. The van der Waals surface area contributed by atoms with Gasteiger partial charge in [0.25, 0.3) is 5.89 Å². The van der Waals surface area contributed by atoms with Gasteiger partial charge in [-0.1, -0.05) is 5.16 Å². The van der Waals surface area contributed by atoms with Crippen molar-refractivity contribution in [3.63, 3.8) is 0 Å². The Morgan fingerprint density at radius 1 is 1.10 bits per heavy atom. The minimum Gasteiger partial charge on any atom is -0.455 e. The Labute approximate surface area is 118 Å². The molecule has 0 radical (unpaired) electrons. The minimum absolute atomic E-state index is 0.155. The molecule has 0 spiro atoms. The molecule has 2 aromatic heterocycles. The van der Waals surface area contributed by atoms with E-state index in [1.165, 1.54) is 12.1 Å². The molecule has 0 bridgehead atoms. The van der Waals surface area contributed by atoms with E-state index in [2.05, 4.69) is 10.1 Å². The summed E-state index contributed by atoms with van der Waals surface area (Å²) in [6.45, 7) is 0.267. The van der Waals surface area contributed by atoms with E-state index >= 15 is 0 Å². The maximum Gasteiger partial charge on any atom is 0.293 e. The summed E-state index contributed by atoms with van der Waals surface area (Å²) in [5, 5.41) is 3.76. The second-order valence-corrected chi connectivity index (χ2v) is 4.44. The Kier molecular flexibility index (Phi) is 3.49. The fraction of sp³-hybridized carbons (Fsp3) is 0.143. The Bertz CT molecular complexity index is 747. The van der Waals surface area contributed by atoms with Gasteiger partial charge in [0.15, 0.2) is 11.6 Å². The molecule has 1 aromatic carbocycles. The number of rotatable bonds is 4. The van der Waals surface area contributed by atoms with E-state index in [4.69, 9.17) is 14.7 Å². The lowest BCUT2D eigenvalue weighted by molar-refractivity contribution is 0.406. The molecule has 0 aliphatic rings. The molecule has 21 heavy (non-hydrogen) atoms. The summed E-state index contributed by atoms with van der Waals surface area (Å²) in [4.78, 5) is 4.13. The zero-order chi connectivity index (χ0) is 14.8. The third kappa shape index (κ3) is 2.97. The first-order chi connectivity index (χ1) is 10.1. The lowest BCUT2D eigenvalue weighted by atomic mass is 10.1. The van der Waals surface area contributed by atoms with Crippen LogP contribution < -0.4 is 5.73 Å². The molecule has 3 aromatic rings. The van der Waals surface area contributed by atoms with Crippen LogP contribution in [0.5, 0.6) is 0 Å². The Balaban J connectivity index is 1.81. The third-order valence-corrected chi connectivity index (χ3v) is 2.83. The summed E-state index contributed by atoms with van der Waals surface area (Å²) in [7, 11) is 0. The summed E-state index contributed by atoms with van der Waals surface area (Å²) >= 11 is 0. The van der Waals surface area contributed by atoms with Gasteiger partial charge in [0, 0.05) is 12.5 Å². The number of hydrogen-bond acceptors (Lipinski definition) is 5. The quantitative estimate of drug-likeness (QED) is 0.799. The highest BCUT2D eigenvalue weighted by molar-refractivity contribution is 5.44. The molecule has 0 atom stereocenters. The summed E-state index contributed by atoms with van der Waals surface area (Å²) < 4.78 is 36.7. The maximum atomic E-state index is 13.1. The van der Waals surface area contributed by atoms with Gasteiger partial charge >= 0.3 is 0 Å². The van der Waals surface area contributed by atoms with Crippen molar-refractivity contribution >= 4 is 0 Å². The molecule has 0 saturated carbocycles. The van der Waals surface area contributed by atoms with Crippen molar-refractivity contribution < 1.29 is 17.7 Å². The van der Waals surface area contributed by atoms with E-state index in [1.54, 1.807) is 12.1 Å². The fourth-order valence-corrected chi connectivity index (χ4v) is 1.92. The Morgan fingerprint density at radius 3 is 2.52 bits per heavy atom. The van der Waals surface area contributed by atoms with Crippen molar-refractivity contribution in [2.75, 3.05) is 0 Å². The highest BCUT2D eigenvalue weighted by Gasteiger charge is 2.13. The average molecular weight is 291 g/mol. The van der Waals surface area contributed by atoms with Crippen LogP contribution in [0.25, 0.3) is 11.7 Å². The molecular formula is C14H11F2N3O2. The van der Waals surface area contributed by atoms with Crippen molar-refractivity contribution in [2.45, 2.75) is 13.0 Å². The van der Waals surface area contributed by atoms with Crippen LogP contribution in [0.3, 0.4) is 0 Å². The van der Waals surface area contributed by atoms with Gasteiger partial charge in [-0.15, -0.1) is 0 Å². The van der Waals surface area contributed by atoms with E-state index in [0.717, 1.165) is 6.07 Å². The molecule has 0 saturated heterocycles. The molecule has 2 heterocycles. The van der Waals surface area contributed by atoms with Crippen LogP contribution in [-0.2, 0) is 13.0 Å². The standard InChI is InChI=1S/C14H11F2N3O2/c15-9-3-8(4-10(16)6-9)5-13-18-14(21-19-13)12-2-1-11(7-17)20-12/h1-4,6H,5,7,17H2. The number of benzene rings is 1. The van der Waals surface area contributed by atoms with Gasteiger partial charge in [-0.2, -0.15) is 4.98 Å². The van der Waals surface area contributed by atoms with Crippen molar-refractivity contribution in [3.05, 3.63) is 59.1 Å². The molecule has 2 N–H and O–H groups in total. The first-order valence-electron chi connectivity index (χ1n) is 6.21. The Hall–Kier alpha value is -2.54. The monoisotopic (exact) mass is 291 g/mol. The predicted molar refractivity (Wildman–Crippen MR) is 69.1 cm³/mol. The number of halogens is 2. The average Bonchev–Trinajstić information content (AvgIpc) is 3.05. The van der Waals surface area contributed by atoms with Crippen molar-refractivity contribution in [3.8, 4) is 11.7 Å². The van der Waals surface area contributed by atoms with Crippen LogP contribution >= 0.6 is 0 Å². The molecule has 0 fully saturated rings. The van der Waals surface area contributed by atoms with E-state index in [0.29, 0.717) is 22.9 Å². The van der Waals surface area contributed by atoms with Gasteiger partial charge in [-0.3, -0.25) is 0 Å². The zero-order valence-electron chi connectivity index (χ0n) is 10.8. The van der Waals surface area contributed by atoms with E-state index in [1.807, 2.05) is 0 Å². The molecule has 0 unspecified atom stereocenters. The third-order valence-electron chi connectivity index (χ3n) is 2.83. The second-order valence-electron chi connectivity index (χ2n) is 4.44. The molecule has 0 aliphatic carbocycles. The maximum absolute atomic E-state index is 13.1. The van der Waals surface area contributed by atoms with E-state index in [9.17, 15) is 8.78 Å². The highest BCUT2D eigenvalue weighted by atomic mass is 19.1. The summed E-state index contributed by atoms with van der Waals surface area (Å²) in [5.74, 6) is 0.207. The van der Waals surface area contributed by atoms with Crippen molar-refractivity contribution in [1.29, 1.82) is 0 Å². The topological polar surface area (TPSA) is 78.1 Å². The normalized spacial score (nSPS) is 11.0. The van der Waals surface area contributed by atoms with Crippen LogP contribution in [0.1, 0.15) is 17.1 Å². The van der Waals surface area contributed by atoms with Gasteiger partial charge in [0.05, 0.1) is 6.54 Å². The second kappa shape index (κ2) is 5.45. The first kappa shape index (κ1) is 13.4. The lowest BCUT2D eigenvalue weighted by Crippen LogP contribution is -1.93. The minimum atomic E-state index is -0.646. The van der Waals surface area contributed by atoms with E-state index < -0.39 is 11.6 Å². The molecule has 0 aliphatic heterocycles. The summed E-state index contributed by atoms with van der Waals surface area (Å²) in [5.41, 5.74) is 5.86. The molecule has 3 rings (SSSR count). The number of furan rings is 1. The van der Waals surface area contributed by atoms with Gasteiger partial charge < -0.3 is 14.7 Å². The first-order valence-corrected chi connectivity index (χ1v) is 6.21. The molecule has 108 valence electrons. The van der Waals surface area contributed by atoms with Gasteiger partial charge in [-0.05, 0) is 29.8 Å². The molecule has 7 heteroatoms. The summed E-state index contributed by atoms with van der Waals surface area (Å²) in [6.07, 6.45) is 0.155. The number of hydrogen-bond donors (Lipinski definition) is 1. The smallest absolute Gasteiger partial charge is 0.293 e. The van der Waals surface area contributed by atoms with Crippen molar-refractivity contribution in [2.24, 2.45) is 5.73 Å².